The average molecular weight is 416 g/mol. The molecule has 0 radical (unpaired) electrons. The molecule has 1 rings (SSSR count). The van der Waals surface area contributed by atoms with Gasteiger partial charge in [-0.25, -0.2) is 4.39 Å². The molecule has 0 bridgehead atoms. The summed E-state index contributed by atoms with van der Waals surface area (Å²) in [5, 5.41) is 0. The minimum absolute atomic E-state index is 0.146. The van der Waals surface area contributed by atoms with Gasteiger partial charge in [0, 0.05) is 30.9 Å². The van der Waals surface area contributed by atoms with Crippen LogP contribution in [0.2, 0.25) is 0 Å². The molecule has 0 aliphatic rings. The summed E-state index contributed by atoms with van der Waals surface area (Å²) in [4.78, 5) is 27.0. The molecule has 30 heavy (non-hydrogen) atoms. The van der Waals surface area contributed by atoms with Crippen molar-refractivity contribution in [2.75, 3.05) is 0 Å². The van der Waals surface area contributed by atoms with Crippen LogP contribution in [0.15, 0.2) is 41.9 Å². The first-order valence-corrected chi connectivity index (χ1v) is 11.1. The van der Waals surface area contributed by atoms with Crippen molar-refractivity contribution in [3.05, 3.63) is 47.6 Å². The maximum Gasteiger partial charge on any atom is 0.138 e. The van der Waals surface area contributed by atoms with Crippen molar-refractivity contribution >= 4 is 18.1 Å². The molecule has 0 fully saturated rings. The Labute approximate surface area is 181 Å². The molecular formula is C26H38FNO2. The van der Waals surface area contributed by atoms with Gasteiger partial charge >= 0.3 is 0 Å². The molecule has 3 nitrogen and oxygen atoms in total. The second kappa shape index (κ2) is 14.0. The summed E-state index contributed by atoms with van der Waals surface area (Å²) in [6.07, 6.45) is 13.0. The predicted molar refractivity (Wildman–Crippen MR) is 123 cm³/mol. The van der Waals surface area contributed by atoms with E-state index in [0.717, 1.165) is 32.0 Å². The van der Waals surface area contributed by atoms with Gasteiger partial charge in [0.2, 0.25) is 0 Å². The van der Waals surface area contributed by atoms with Crippen molar-refractivity contribution in [1.29, 1.82) is 0 Å². The number of Topliss-reactive ketones (excluding diaryl/α,β-unsaturated/α-hetero) is 1. The third-order valence-corrected chi connectivity index (χ3v) is 5.64. The van der Waals surface area contributed by atoms with Crippen molar-refractivity contribution in [2.45, 2.75) is 85.5 Å². The monoisotopic (exact) mass is 415 g/mol. The lowest BCUT2D eigenvalue weighted by atomic mass is 9.80. The van der Waals surface area contributed by atoms with Crippen LogP contribution in [0.1, 0.15) is 91.2 Å². The van der Waals surface area contributed by atoms with E-state index in [1.54, 1.807) is 12.3 Å². The Morgan fingerprint density at radius 2 is 1.93 bits per heavy atom. The third kappa shape index (κ3) is 11.2. The number of ketones is 1. The van der Waals surface area contributed by atoms with Crippen LogP contribution in [-0.4, -0.2) is 17.1 Å². The highest BCUT2D eigenvalue weighted by atomic mass is 19.1. The molecule has 0 aliphatic carbocycles. The van der Waals surface area contributed by atoms with E-state index >= 15 is 0 Å². The Hall–Kier alpha value is -2.10. The first-order valence-electron chi connectivity index (χ1n) is 11.1. The molecule has 1 aromatic rings. The lowest BCUT2D eigenvalue weighted by Crippen LogP contribution is -2.24. The fraction of sp³-hybridized carbons (Fsp3) is 0.577. The van der Waals surface area contributed by atoms with E-state index in [1.807, 2.05) is 26.0 Å². The quantitative estimate of drug-likeness (QED) is 0.223. The molecule has 1 unspecified atom stereocenters. The number of hydrogen-bond donors (Lipinski definition) is 0. The van der Waals surface area contributed by atoms with Gasteiger partial charge in [-0.3, -0.25) is 9.78 Å². The summed E-state index contributed by atoms with van der Waals surface area (Å²) in [5.41, 5.74) is 1.54. The fourth-order valence-electron chi connectivity index (χ4n) is 3.40. The number of hydrogen-bond acceptors (Lipinski definition) is 3. The highest BCUT2D eigenvalue weighted by molar-refractivity contribution is 5.84. The van der Waals surface area contributed by atoms with Crippen LogP contribution in [0.3, 0.4) is 0 Å². The number of aromatic nitrogens is 1. The first kappa shape index (κ1) is 25.9. The van der Waals surface area contributed by atoms with Gasteiger partial charge in [-0.15, -0.1) is 0 Å². The number of carbonyl (C=O) groups excluding carboxylic acids is 2. The summed E-state index contributed by atoms with van der Waals surface area (Å²) >= 11 is 0. The van der Waals surface area contributed by atoms with Crippen LogP contribution in [0, 0.1) is 11.3 Å². The molecule has 0 aromatic carbocycles. The Morgan fingerprint density at radius 1 is 1.17 bits per heavy atom. The molecular weight excluding hydrogens is 377 g/mol. The lowest BCUT2D eigenvalue weighted by molar-refractivity contribution is -0.127. The average Bonchev–Trinajstić information content (AvgIpc) is 2.71. The molecule has 1 atom stereocenters. The number of nitrogens with zero attached hydrogens (tertiary/aromatic N) is 1. The Bertz CT molecular complexity index is 707. The topological polar surface area (TPSA) is 47.0 Å². The predicted octanol–water partition coefficient (Wildman–Crippen LogP) is 7.28. The second-order valence-corrected chi connectivity index (χ2v) is 8.98. The molecule has 0 amide bonds. The Balaban J connectivity index is 2.24. The molecule has 166 valence electrons. The van der Waals surface area contributed by atoms with Gasteiger partial charge in [0.15, 0.2) is 0 Å². The van der Waals surface area contributed by atoms with Crippen molar-refractivity contribution < 1.29 is 14.0 Å². The molecule has 0 aliphatic heterocycles. The number of rotatable bonds is 15. The van der Waals surface area contributed by atoms with E-state index in [0.29, 0.717) is 43.7 Å². The van der Waals surface area contributed by atoms with E-state index in [4.69, 9.17) is 0 Å². The SMILES string of the molecule is CC(=CCCC(F)=Cc1ccccn1)CCCC(C)CCC(=O)C(C)(C)CCC=O. The largest absolute Gasteiger partial charge is 0.303 e. The van der Waals surface area contributed by atoms with E-state index in [1.165, 1.54) is 11.6 Å². The molecule has 0 saturated carbocycles. The zero-order chi connectivity index (χ0) is 22.4. The van der Waals surface area contributed by atoms with Gasteiger partial charge in [0.05, 0.1) is 5.69 Å². The van der Waals surface area contributed by atoms with Crippen LogP contribution in [0.5, 0.6) is 0 Å². The van der Waals surface area contributed by atoms with Gasteiger partial charge < -0.3 is 4.79 Å². The van der Waals surface area contributed by atoms with E-state index in [2.05, 4.69) is 24.9 Å². The van der Waals surface area contributed by atoms with Crippen LogP contribution >= 0.6 is 0 Å². The third-order valence-electron chi connectivity index (χ3n) is 5.64. The van der Waals surface area contributed by atoms with E-state index in [-0.39, 0.29) is 11.6 Å². The molecule has 1 heterocycles. The number of halogens is 1. The minimum atomic E-state index is -0.403. The van der Waals surface area contributed by atoms with Crippen LogP contribution < -0.4 is 0 Å². The maximum absolute atomic E-state index is 13.9. The summed E-state index contributed by atoms with van der Waals surface area (Å²) in [7, 11) is 0. The number of aldehydes is 1. The maximum atomic E-state index is 13.9. The second-order valence-electron chi connectivity index (χ2n) is 8.98. The van der Waals surface area contributed by atoms with Gasteiger partial charge in [0.1, 0.15) is 17.9 Å². The molecule has 0 spiro atoms. The van der Waals surface area contributed by atoms with E-state index < -0.39 is 5.41 Å². The van der Waals surface area contributed by atoms with Gasteiger partial charge in [-0.2, -0.15) is 0 Å². The summed E-state index contributed by atoms with van der Waals surface area (Å²) in [6, 6.07) is 5.46. The minimum Gasteiger partial charge on any atom is -0.303 e. The lowest BCUT2D eigenvalue weighted by Gasteiger charge is -2.22. The van der Waals surface area contributed by atoms with Crippen molar-refractivity contribution in [3.8, 4) is 0 Å². The fourth-order valence-corrected chi connectivity index (χ4v) is 3.40. The van der Waals surface area contributed by atoms with Crippen molar-refractivity contribution in [3.63, 3.8) is 0 Å². The molecule has 0 saturated heterocycles. The highest BCUT2D eigenvalue weighted by Crippen LogP contribution is 2.27. The number of allylic oxidation sites excluding steroid dienone is 3. The van der Waals surface area contributed by atoms with Crippen LogP contribution in [0.4, 0.5) is 4.39 Å². The summed E-state index contributed by atoms with van der Waals surface area (Å²) in [5.74, 6) is 0.613. The van der Waals surface area contributed by atoms with Crippen LogP contribution in [-0.2, 0) is 9.59 Å². The number of carbonyl (C=O) groups is 2. The molecule has 1 aromatic heterocycles. The van der Waals surface area contributed by atoms with Gasteiger partial charge in [-0.1, -0.05) is 44.9 Å². The normalized spacial score (nSPS) is 13.9. The smallest absolute Gasteiger partial charge is 0.138 e. The number of pyridine rings is 1. The highest BCUT2D eigenvalue weighted by Gasteiger charge is 2.26. The van der Waals surface area contributed by atoms with Gasteiger partial charge in [-0.05, 0) is 63.2 Å². The Morgan fingerprint density at radius 3 is 2.60 bits per heavy atom. The Kier molecular flexibility index (Phi) is 12.1. The van der Waals surface area contributed by atoms with Crippen molar-refractivity contribution in [1.82, 2.24) is 4.98 Å². The molecule has 4 heteroatoms. The first-order chi connectivity index (χ1) is 14.2. The van der Waals surface area contributed by atoms with E-state index in [9.17, 15) is 14.0 Å². The van der Waals surface area contributed by atoms with Gasteiger partial charge in [0.25, 0.3) is 0 Å². The standard InChI is InChI=1S/C26H38FNO2/c1-21(12-8-13-23(27)20-24-14-5-6-18-28-24)10-7-11-22(2)15-16-25(30)26(3,4)17-9-19-29/h5-6,12,14,18-20,22H,7-11,13,15-17H2,1-4H3. The van der Waals surface area contributed by atoms with Crippen LogP contribution in [0.25, 0.3) is 6.08 Å². The summed E-state index contributed by atoms with van der Waals surface area (Å²) in [6.45, 7) is 8.17. The zero-order valence-corrected chi connectivity index (χ0v) is 19.1. The summed E-state index contributed by atoms with van der Waals surface area (Å²) < 4.78 is 13.9. The zero-order valence-electron chi connectivity index (χ0n) is 19.1. The molecule has 0 N–H and O–H groups in total. The van der Waals surface area contributed by atoms with Crippen molar-refractivity contribution in [2.24, 2.45) is 11.3 Å².